The first-order chi connectivity index (χ1) is 40.3. The first-order valence-electron chi connectivity index (χ1n) is 28.4. The van der Waals surface area contributed by atoms with E-state index in [0.29, 0.717) is 96.0 Å². The highest BCUT2D eigenvalue weighted by molar-refractivity contribution is 6.12. The second-order valence-corrected chi connectivity index (χ2v) is 21.3. The van der Waals surface area contributed by atoms with E-state index in [9.17, 15) is 57.8 Å². The fourth-order valence-corrected chi connectivity index (χ4v) is 11.0. The predicted octanol–water partition coefficient (Wildman–Crippen LogP) is 0.702. The Balaban J connectivity index is 0.794. The number of fused-ring (bicyclic) bond motifs is 5. The summed E-state index contributed by atoms with van der Waals surface area (Å²) in [4.78, 5) is 148. The number of halogens is 1. The van der Waals surface area contributed by atoms with Gasteiger partial charge in [-0.1, -0.05) is 43.7 Å². The van der Waals surface area contributed by atoms with Crippen molar-refractivity contribution in [3.05, 3.63) is 110 Å². The van der Waals surface area contributed by atoms with Gasteiger partial charge in [-0.2, -0.15) is 0 Å². The van der Waals surface area contributed by atoms with Crippen molar-refractivity contribution in [2.24, 2.45) is 5.73 Å². The number of benzene rings is 2. The van der Waals surface area contributed by atoms with E-state index < -0.39 is 96.1 Å². The van der Waals surface area contributed by atoms with Gasteiger partial charge in [0.25, 0.3) is 17.4 Å². The second-order valence-electron chi connectivity index (χ2n) is 21.3. The Morgan fingerprint density at radius 3 is 2.18 bits per heavy atom. The SMILES string of the molecule is CC[C@@]1(O)C(=O)OCc2c1cc1n(c2=O)Cc2c-1nc1cc(F)c(C)c3c1c2[C@@H](NC(=O)CCCNC(=O)CNC(=O)C(Cc1ccccc1)NC(=O)CNC(=O)CNC(=O)[C@H](CCCCN)NC(=O)CCCCCN1C(=O)C=CC1=O)CC3. The number of rotatable bonds is 28. The smallest absolute Gasteiger partial charge is 0.343 e. The summed E-state index contributed by atoms with van der Waals surface area (Å²) in [5, 5.41) is 30.6. The van der Waals surface area contributed by atoms with E-state index in [1.165, 1.54) is 22.8 Å². The number of hydrogen-bond donors (Lipinski definition) is 9. The summed E-state index contributed by atoms with van der Waals surface area (Å²) < 4.78 is 22.1. The highest BCUT2D eigenvalue weighted by atomic mass is 19.1. The number of hydrogen-bond acceptors (Lipinski definition) is 15. The van der Waals surface area contributed by atoms with Gasteiger partial charge in [-0.3, -0.25) is 52.8 Å². The van der Waals surface area contributed by atoms with Crippen molar-refractivity contribution in [3.63, 3.8) is 0 Å². The number of cyclic esters (lactones) is 1. The summed E-state index contributed by atoms with van der Waals surface area (Å²) in [6.07, 6.45) is 6.38. The molecular weight excluding hydrogens is 1090 g/mol. The zero-order chi connectivity index (χ0) is 60.2. The van der Waals surface area contributed by atoms with Crippen LogP contribution in [0.4, 0.5) is 4.39 Å². The molecule has 0 saturated heterocycles. The number of carbonyl (C=O) groups excluding carboxylic acids is 10. The summed E-state index contributed by atoms with van der Waals surface area (Å²) in [7, 11) is 0. The molecule has 2 aromatic heterocycles. The number of imide groups is 1. The van der Waals surface area contributed by atoms with Crippen LogP contribution < -0.4 is 48.5 Å². The van der Waals surface area contributed by atoms with Crippen LogP contribution >= 0.6 is 0 Å². The minimum atomic E-state index is -2.05. The molecule has 9 amide bonds. The number of aryl methyl sites for hydroxylation is 1. The number of ether oxygens (including phenoxy) is 1. The zero-order valence-electron chi connectivity index (χ0n) is 46.9. The van der Waals surface area contributed by atoms with Crippen LogP contribution in [0.3, 0.4) is 0 Å². The average molecular weight is 1160 g/mol. The quantitative estimate of drug-likeness (QED) is 0.0189. The molecule has 5 heterocycles. The Morgan fingerprint density at radius 1 is 0.786 bits per heavy atom. The van der Waals surface area contributed by atoms with Gasteiger partial charge in [0.05, 0.1) is 54.7 Å². The van der Waals surface area contributed by atoms with Crippen molar-refractivity contribution in [3.8, 4) is 11.4 Å². The Kier molecular flexibility index (Phi) is 20.1. The van der Waals surface area contributed by atoms with E-state index in [2.05, 4.69) is 37.2 Å². The van der Waals surface area contributed by atoms with Crippen LogP contribution in [0.2, 0.25) is 0 Å². The van der Waals surface area contributed by atoms with Crippen LogP contribution in [-0.2, 0) is 84.3 Å². The van der Waals surface area contributed by atoms with Gasteiger partial charge in [-0.15, -0.1) is 0 Å². The summed E-state index contributed by atoms with van der Waals surface area (Å²) in [5.74, 6) is -6.17. The standard InChI is InChI=1S/C59H70FN11O13/c1-3-59(83)38-26-44-54-36(31-71(44)57(81)37(38)32-84-58(59)82)53-40(19-18-35-33(2)39(60)27-42(69-54)52(35)53)66-46(73)17-12-23-62-47(74)28-65-56(80)43(25-34-13-6-4-7-14-34)68-49(76)30-63-48(75)29-64-55(79)41(15-9-10-22-61)67-45(72)16-8-5-11-24-70-50(77)20-21-51(70)78/h4,6-7,13-14,20-21,26-27,40-41,43,83H,3,5,8-12,15-19,22-25,28-32,61H2,1-2H3,(H,62,74)(H,63,75)(H,64,79)(H,65,80)(H,66,73)(H,67,72)(H,68,76)/t40-,41-,43?,59-/m0/s1. The van der Waals surface area contributed by atoms with Crippen molar-refractivity contribution >= 4 is 70.0 Å². The third kappa shape index (κ3) is 14.2. The van der Waals surface area contributed by atoms with Crippen molar-refractivity contribution in [1.82, 2.24) is 51.7 Å². The zero-order valence-corrected chi connectivity index (χ0v) is 46.9. The number of esters is 1. The van der Waals surface area contributed by atoms with E-state index in [4.69, 9.17) is 15.5 Å². The lowest BCUT2D eigenvalue weighted by atomic mass is 9.81. The Morgan fingerprint density at radius 2 is 1.46 bits per heavy atom. The molecular formula is C59H70FN11O13. The van der Waals surface area contributed by atoms with Gasteiger partial charge >= 0.3 is 5.97 Å². The highest BCUT2D eigenvalue weighted by Gasteiger charge is 2.46. The summed E-state index contributed by atoms with van der Waals surface area (Å²) >= 11 is 0. The molecule has 2 aromatic carbocycles. The third-order valence-electron chi connectivity index (χ3n) is 15.6. The molecule has 0 bridgehead atoms. The summed E-state index contributed by atoms with van der Waals surface area (Å²) in [6.45, 7) is 2.14. The highest BCUT2D eigenvalue weighted by Crippen LogP contribution is 2.46. The summed E-state index contributed by atoms with van der Waals surface area (Å²) in [5.41, 5.74) is 7.68. The third-order valence-corrected chi connectivity index (χ3v) is 15.6. The molecule has 10 N–H and O–H groups in total. The summed E-state index contributed by atoms with van der Waals surface area (Å²) in [6, 6.07) is 8.96. The first kappa shape index (κ1) is 61.4. The Hall–Kier alpha value is -8.71. The molecule has 4 atom stereocenters. The molecule has 8 rings (SSSR count). The maximum atomic E-state index is 15.4. The molecule has 3 aliphatic heterocycles. The molecule has 24 nitrogen and oxygen atoms in total. The monoisotopic (exact) mass is 1160 g/mol. The molecule has 1 unspecified atom stereocenters. The maximum Gasteiger partial charge on any atom is 0.343 e. The largest absolute Gasteiger partial charge is 0.458 e. The Labute approximate surface area is 482 Å². The molecule has 25 heteroatoms. The van der Waals surface area contributed by atoms with Gasteiger partial charge in [0.2, 0.25) is 41.4 Å². The Bertz CT molecular complexity index is 3350. The second kappa shape index (κ2) is 27.6. The van der Waals surface area contributed by atoms with Crippen LogP contribution in [0.25, 0.3) is 22.3 Å². The van der Waals surface area contributed by atoms with E-state index in [-0.39, 0.29) is 93.6 Å². The van der Waals surface area contributed by atoms with E-state index >= 15 is 4.39 Å². The molecule has 4 aliphatic rings. The van der Waals surface area contributed by atoms with Crippen LogP contribution in [0.5, 0.6) is 0 Å². The normalized spacial score (nSPS) is 17.1. The van der Waals surface area contributed by atoms with Crippen molar-refractivity contribution < 1.29 is 62.2 Å². The fraction of sp³-hybridized carbons (Fsp3) is 0.458. The molecule has 0 radical (unpaired) electrons. The number of amides is 9. The molecule has 0 fully saturated rings. The van der Waals surface area contributed by atoms with Crippen molar-refractivity contribution in [1.29, 1.82) is 0 Å². The molecule has 0 spiro atoms. The molecule has 446 valence electrons. The number of pyridine rings is 2. The van der Waals surface area contributed by atoms with Gasteiger partial charge in [-0.05, 0) is 99.6 Å². The van der Waals surface area contributed by atoms with Gasteiger partial charge in [0, 0.05) is 67.1 Å². The van der Waals surface area contributed by atoms with Crippen LogP contribution in [0, 0.1) is 12.7 Å². The van der Waals surface area contributed by atoms with Crippen LogP contribution in [0.1, 0.15) is 123 Å². The lowest BCUT2D eigenvalue weighted by Crippen LogP contribution is -2.53. The van der Waals surface area contributed by atoms with Gasteiger partial charge in [0.15, 0.2) is 5.60 Å². The fourth-order valence-electron chi connectivity index (χ4n) is 11.0. The average Bonchev–Trinajstić information content (AvgIpc) is 1.59. The maximum absolute atomic E-state index is 15.4. The lowest BCUT2D eigenvalue weighted by Gasteiger charge is -2.31. The number of aliphatic hydroxyl groups is 1. The topological polar surface area (TPSA) is 349 Å². The number of carbonyl (C=O) groups is 10. The van der Waals surface area contributed by atoms with E-state index in [0.717, 1.165) is 10.5 Å². The number of nitrogens with one attached hydrogen (secondary N) is 7. The minimum Gasteiger partial charge on any atom is -0.458 e. The van der Waals surface area contributed by atoms with Gasteiger partial charge in [0.1, 0.15) is 24.5 Å². The minimum absolute atomic E-state index is 0.00961. The molecule has 0 saturated carbocycles. The molecule has 1 aliphatic carbocycles. The number of nitrogens with zero attached hydrogens (tertiary/aromatic N) is 3. The predicted molar refractivity (Wildman–Crippen MR) is 301 cm³/mol. The molecule has 4 aromatic rings. The number of aromatic nitrogens is 2. The molecule has 84 heavy (non-hydrogen) atoms. The van der Waals surface area contributed by atoms with Crippen molar-refractivity contribution in [2.45, 2.75) is 134 Å². The van der Waals surface area contributed by atoms with Crippen LogP contribution in [-0.4, -0.2) is 130 Å². The first-order valence-corrected chi connectivity index (χ1v) is 28.4. The van der Waals surface area contributed by atoms with Gasteiger partial charge in [-0.25, -0.2) is 14.2 Å². The van der Waals surface area contributed by atoms with Crippen LogP contribution in [0.15, 0.2) is 59.4 Å². The number of nitrogens with two attached hydrogens (primary N) is 1. The van der Waals surface area contributed by atoms with E-state index in [1.807, 2.05) is 0 Å². The van der Waals surface area contributed by atoms with Gasteiger partial charge < -0.3 is 57.4 Å². The van der Waals surface area contributed by atoms with E-state index in [1.54, 1.807) is 50.2 Å². The number of unbranched alkanes of at least 4 members (excludes halogenated alkanes) is 3. The lowest BCUT2D eigenvalue weighted by molar-refractivity contribution is -0.172. The van der Waals surface area contributed by atoms with Crippen molar-refractivity contribution in [2.75, 3.05) is 39.3 Å².